The maximum atomic E-state index is 12.1. The minimum absolute atomic E-state index is 0.266. The molecule has 0 spiro atoms. The van der Waals surface area contributed by atoms with Gasteiger partial charge < -0.3 is 15.2 Å². The largest absolute Gasteiger partial charge is 0.481 e. The molecule has 1 saturated carbocycles. The molecule has 0 aliphatic heterocycles. The van der Waals surface area contributed by atoms with Gasteiger partial charge in [0.1, 0.15) is 0 Å². The first-order chi connectivity index (χ1) is 12.1. The van der Waals surface area contributed by atoms with Gasteiger partial charge in [0, 0.05) is 12.5 Å². The first kappa shape index (κ1) is 17.0. The second-order valence-corrected chi connectivity index (χ2v) is 6.09. The predicted molar refractivity (Wildman–Crippen MR) is 92.4 cm³/mol. The lowest BCUT2D eigenvalue weighted by atomic mass is 9.73. The summed E-state index contributed by atoms with van der Waals surface area (Å²) < 4.78 is 5.60. The standard InChI is InChI=1S/C19H20N2O4/c22-18(15-7-8-16(15)19(23)24)21-14-6-9-17(20-12-14)25-11-10-13-4-2-1-3-5-13/h1-6,9,12,15-16H,7-8,10-11H2,(H,21,22)(H,23,24). The number of aromatic nitrogens is 1. The molecule has 1 aliphatic rings. The number of hydrogen-bond donors (Lipinski definition) is 2. The maximum absolute atomic E-state index is 12.1. The summed E-state index contributed by atoms with van der Waals surface area (Å²) in [5, 5.41) is 11.7. The van der Waals surface area contributed by atoms with Crippen LogP contribution in [-0.4, -0.2) is 28.6 Å². The van der Waals surface area contributed by atoms with Crippen LogP contribution < -0.4 is 10.1 Å². The second kappa shape index (κ2) is 7.79. The Morgan fingerprint density at radius 3 is 2.48 bits per heavy atom. The van der Waals surface area contributed by atoms with E-state index in [1.807, 2.05) is 30.3 Å². The van der Waals surface area contributed by atoms with Crippen LogP contribution in [-0.2, 0) is 16.0 Å². The second-order valence-electron chi connectivity index (χ2n) is 6.09. The quantitative estimate of drug-likeness (QED) is 0.809. The number of carbonyl (C=O) groups excluding carboxylic acids is 1. The Balaban J connectivity index is 1.47. The van der Waals surface area contributed by atoms with Crippen LogP contribution in [0.15, 0.2) is 48.7 Å². The van der Waals surface area contributed by atoms with E-state index in [0.29, 0.717) is 31.0 Å². The van der Waals surface area contributed by atoms with Gasteiger partial charge in [-0.25, -0.2) is 4.98 Å². The summed E-state index contributed by atoms with van der Waals surface area (Å²) in [5.41, 5.74) is 1.73. The third-order valence-corrected chi connectivity index (χ3v) is 4.42. The van der Waals surface area contributed by atoms with E-state index in [4.69, 9.17) is 9.84 Å². The molecular formula is C19H20N2O4. The molecule has 2 aromatic rings. The molecule has 1 fully saturated rings. The Labute approximate surface area is 145 Å². The molecule has 3 rings (SSSR count). The van der Waals surface area contributed by atoms with Gasteiger partial charge in [-0.1, -0.05) is 30.3 Å². The number of amides is 1. The number of hydrogen-bond acceptors (Lipinski definition) is 4. The number of benzene rings is 1. The summed E-state index contributed by atoms with van der Waals surface area (Å²) >= 11 is 0. The molecule has 0 bridgehead atoms. The molecule has 2 unspecified atom stereocenters. The molecule has 1 aromatic heterocycles. The minimum Gasteiger partial charge on any atom is -0.481 e. The van der Waals surface area contributed by atoms with Gasteiger partial charge in [0.2, 0.25) is 11.8 Å². The number of aliphatic carboxylic acids is 1. The normalized spacial score (nSPS) is 18.9. The lowest BCUT2D eigenvalue weighted by molar-refractivity contribution is -0.151. The van der Waals surface area contributed by atoms with E-state index in [1.165, 1.54) is 11.8 Å². The lowest BCUT2D eigenvalue weighted by Gasteiger charge is -2.31. The van der Waals surface area contributed by atoms with Gasteiger partial charge in [0.25, 0.3) is 0 Å². The Hall–Kier alpha value is -2.89. The van der Waals surface area contributed by atoms with E-state index in [1.54, 1.807) is 12.1 Å². The summed E-state index contributed by atoms with van der Waals surface area (Å²) in [4.78, 5) is 27.2. The highest BCUT2D eigenvalue weighted by molar-refractivity contribution is 5.95. The molecule has 1 aromatic carbocycles. The average molecular weight is 340 g/mol. The van der Waals surface area contributed by atoms with Crippen LogP contribution >= 0.6 is 0 Å². The molecule has 2 atom stereocenters. The number of nitrogens with one attached hydrogen (secondary N) is 1. The van der Waals surface area contributed by atoms with Gasteiger partial charge in [-0.2, -0.15) is 0 Å². The molecule has 6 nitrogen and oxygen atoms in total. The van der Waals surface area contributed by atoms with E-state index in [2.05, 4.69) is 10.3 Å². The number of anilines is 1. The van der Waals surface area contributed by atoms with Crippen molar-refractivity contribution in [2.75, 3.05) is 11.9 Å². The maximum Gasteiger partial charge on any atom is 0.307 e. The van der Waals surface area contributed by atoms with Crippen molar-refractivity contribution in [2.24, 2.45) is 11.8 Å². The molecule has 1 amide bonds. The van der Waals surface area contributed by atoms with Crippen LogP contribution in [0.4, 0.5) is 5.69 Å². The molecule has 2 N–H and O–H groups in total. The van der Waals surface area contributed by atoms with Crippen LogP contribution in [0.1, 0.15) is 18.4 Å². The van der Waals surface area contributed by atoms with Gasteiger partial charge in [-0.15, -0.1) is 0 Å². The van der Waals surface area contributed by atoms with Gasteiger partial charge in [0.15, 0.2) is 0 Å². The van der Waals surface area contributed by atoms with Gasteiger partial charge in [-0.3, -0.25) is 9.59 Å². The fourth-order valence-corrected chi connectivity index (χ4v) is 2.80. The minimum atomic E-state index is -0.910. The zero-order chi connectivity index (χ0) is 17.6. The summed E-state index contributed by atoms with van der Waals surface area (Å²) in [7, 11) is 0. The fourth-order valence-electron chi connectivity index (χ4n) is 2.80. The topological polar surface area (TPSA) is 88.5 Å². The van der Waals surface area contributed by atoms with Crippen molar-refractivity contribution < 1.29 is 19.4 Å². The summed E-state index contributed by atoms with van der Waals surface area (Å²) in [5.74, 6) is -1.72. The number of carboxylic acids is 1. The highest BCUT2D eigenvalue weighted by Gasteiger charge is 2.41. The van der Waals surface area contributed by atoms with Crippen LogP contribution in [0.25, 0.3) is 0 Å². The Morgan fingerprint density at radius 1 is 1.12 bits per heavy atom. The molecule has 0 saturated heterocycles. The van der Waals surface area contributed by atoms with Gasteiger partial charge in [-0.05, 0) is 24.5 Å². The number of rotatable bonds is 7. The average Bonchev–Trinajstić information content (AvgIpc) is 2.56. The Kier molecular flexibility index (Phi) is 5.28. The van der Waals surface area contributed by atoms with E-state index in [0.717, 1.165) is 6.42 Å². The van der Waals surface area contributed by atoms with E-state index in [-0.39, 0.29) is 5.91 Å². The smallest absolute Gasteiger partial charge is 0.307 e. The van der Waals surface area contributed by atoms with E-state index >= 15 is 0 Å². The predicted octanol–water partition coefficient (Wildman–Crippen LogP) is 2.75. The van der Waals surface area contributed by atoms with Crippen LogP contribution in [0, 0.1) is 11.8 Å². The molecule has 1 aliphatic carbocycles. The third kappa shape index (κ3) is 4.35. The molecule has 0 radical (unpaired) electrons. The van der Waals surface area contributed by atoms with Gasteiger partial charge in [0.05, 0.1) is 30.3 Å². The number of ether oxygens (including phenoxy) is 1. The number of pyridine rings is 1. The lowest BCUT2D eigenvalue weighted by Crippen LogP contribution is -2.41. The van der Waals surface area contributed by atoms with Crippen molar-refractivity contribution >= 4 is 17.6 Å². The third-order valence-electron chi connectivity index (χ3n) is 4.42. The van der Waals surface area contributed by atoms with Crippen LogP contribution in [0.2, 0.25) is 0 Å². The molecular weight excluding hydrogens is 320 g/mol. The van der Waals surface area contributed by atoms with Crippen molar-refractivity contribution in [3.05, 3.63) is 54.2 Å². The number of carbonyl (C=O) groups is 2. The van der Waals surface area contributed by atoms with Crippen molar-refractivity contribution in [3.63, 3.8) is 0 Å². The molecule has 6 heteroatoms. The Morgan fingerprint density at radius 2 is 1.88 bits per heavy atom. The first-order valence-electron chi connectivity index (χ1n) is 8.30. The van der Waals surface area contributed by atoms with Crippen molar-refractivity contribution in [2.45, 2.75) is 19.3 Å². The number of carboxylic acid groups (broad SMARTS) is 1. The zero-order valence-corrected chi connectivity index (χ0v) is 13.7. The monoisotopic (exact) mass is 340 g/mol. The highest BCUT2D eigenvalue weighted by atomic mass is 16.5. The van der Waals surface area contributed by atoms with Crippen molar-refractivity contribution in [1.82, 2.24) is 4.98 Å². The van der Waals surface area contributed by atoms with Crippen LogP contribution in [0.3, 0.4) is 0 Å². The molecule has 25 heavy (non-hydrogen) atoms. The van der Waals surface area contributed by atoms with Crippen molar-refractivity contribution in [1.29, 1.82) is 0 Å². The van der Waals surface area contributed by atoms with Crippen molar-refractivity contribution in [3.8, 4) is 5.88 Å². The van der Waals surface area contributed by atoms with E-state index < -0.39 is 17.8 Å². The van der Waals surface area contributed by atoms with Crippen LogP contribution in [0.5, 0.6) is 5.88 Å². The SMILES string of the molecule is O=C(O)C1CCC1C(=O)Nc1ccc(OCCc2ccccc2)nc1. The summed E-state index contributed by atoms with van der Waals surface area (Å²) in [6.45, 7) is 0.519. The Bertz CT molecular complexity index is 731. The fraction of sp³-hybridized carbons (Fsp3) is 0.316. The van der Waals surface area contributed by atoms with E-state index in [9.17, 15) is 9.59 Å². The number of nitrogens with zero attached hydrogens (tertiary/aromatic N) is 1. The molecule has 1 heterocycles. The summed E-state index contributed by atoms with van der Waals surface area (Å²) in [6, 6.07) is 13.4. The summed E-state index contributed by atoms with van der Waals surface area (Å²) in [6.07, 6.45) is 3.47. The first-order valence-corrected chi connectivity index (χ1v) is 8.30. The van der Waals surface area contributed by atoms with Gasteiger partial charge >= 0.3 is 5.97 Å². The highest BCUT2D eigenvalue weighted by Crippen LogP contribution is 2.35. The molecule has 130 valence electrons. The zero-order valence-electron chi connectivity index (χ0n) is 13.7.